The lowest BCUT2D eigenvalue weighted by Crippen LogP contribution is -2.60. The number of rotatable bonds is 6. The van der Waals surface area contributed by atoms with Gasteiger partial charge < -0.3 is 25.6 Å². The van der Waals surface area contributed by atoms with Gasteiger partial charge in [0.1, 0.15) is 17.7 Å². The molecule has 2 bridgehead atoms. The summed E-state index contributed by atoms with van der Waals surface area (Å²) in [5.74, 6) is 1.24. The van der Waals surface area contributed by atoms with Gasteiger partial charge in [-0.3, -0.25) is 14.7 Å². The van der Waals surface area contributed by atoms with E-state index in [1.54, 1.807) is 22.8 Å². The Bertz CT molecular complexity index is 1540. The number of pyridine rings is 3. The molecule has 12 nitrogen and oxygen atoms in total. The maximum Gasteiger partial charge on any atom is 0.407 e. The number of primary amides is 1. The molecule has 12 heteroatoms. The minimum atomic E-state index is -0.911. The second-order valence-electron chi connectivity index (χ2n) is 9.80. The van der Waals surface area contributed by atoms with Crippen molar-refractivity contribution < 1.29 is 24.2 Å². The Balaban J connectivity index is 1.24. The van der Waals surface area contributed by atoms with Crippen LogP contribution in [0.3, 0.4) is 0 Å². The Labute approximate surface area is 223 Å². The van der Waals surface area contributed by atoms with Crippen LogP contribution in [0.25, 0.3) is 16.6 Å². The van der Waals surface area contributed by atoms with Gasteiger partial charge in [0.05, 0.1) is 42.6 Å². The molecule has 3 atom stereocenters. The number of carbonyl (C=O) groups is 2. The summed E-state index contributed by atoms with van der Waals surface area (Å²) in [6.45, 7) is 2.68. The van der Waals surface area contributed by atoms with Crippen molar-refractivity contribution >= 4 is 29.2 Å². The van der Waals surface area contributed by atoms with Gasteiger partial charge in [-0.2, -0.15) is 5.10 Å². The van der Waals surface area contributed by atoms with E-state index in [1.165, 1.54) is 11.1 Å². The number of nitrogens with two attached hydrogens (primary N) is 1. The number of fused-ring (bicyclic) bond motifs is 3. The molecule has 4 aromatic heterocycles. The molecule has 200 valence electrons. The molecule has 2 fully saturated rings. The van der Waals surface area contributed by atoms with Gasteiger partial charge in [-0.15, -0.1) is 0 Å². The molecule has 0 aromatic carbocycles. The quantitative estimate of drug-likeness (QED) is 0.341. The Hall–Kier alpha value is -4.71. The van der Waals surface area contributed by atoms with Gasteiger partial charge in [0, 0.05) is 42.6 Å². The SMILES string of the molecule is Cc1cc(-c2ccn3nc(Nc4ccc(C(N)=O)cn4)cc3c2)c(OC2C[C@H]3COC[C@@H](C2)N3C(=O)O)cn1. The molecule has 0 aliphatic carbocycles. The number of hydrogen-bond donors (Lipinski definition) is 3. The molecule has 6 rings (SSSR count). The van der Waals surface area contributed by atoms with Gasteiger partial charge in [-0.05, 0) is 42.8 Å². The molecule has 0 saturated carbocycles. The van der Waals surface area contributed by atoms with E-state index in [0.29, 0.717) is 49.0 Å². The van der Waals surface area contributed by atoms with Crippen LogP contribution in [0.4, 0.5) is 16.4 Å². The number of amides is 2. The number of aryl methyl sites for hydroxylation is 1. The summed E-state index contributed by atoms with van der Waals surface area (Å²) in [7, 11) is 0. The predicted octanol–water partition coefficient (Wildman–Crippen LogP) is 3.23. The van der Waals surface area contributed by atoms with Crippen LogP contribution in [-0.2, 0) is 4.74 Å². The molecule has 1 unspecified atom stereocenters. The highest BCUT2D eigenvalue weighted by Crippen LogP contribution is 2.35. The normalized spacial score (nSPS) is 20.5. The second kappa shape index (κ2) is 9.87. The third-order valence-corrected chi connectivity index (χ3v) is 7.07. The van der Waals surface area contributed by atoms with Crippen LogP contribution < -0.4 is 15.8 Å². The number of ether oxygens (including phenoxy) is 2. The number of nitrogens with zero attached hydrogens (tertiary/aromatic N) is 5. The van der Waals surface area contributed by atoms with Crippen molar-refractivity contribution in [2.75, 3.05) is 18.5 Å². The van der Waals surface area contributed by atoms with Crippen LogP contribution in [0.5, 0.6) is 5.75 Å². The van der Waals surface area contributed by atoms with Gasteiger partial charge in [-0.25, -0.2) is 14.3 Å². The lowest BCUT2D eigenvalue weighted by atomic mass is 9.92. The molecule has 0 spiro atoms. The van der Waals surface area contributed by atoms with Crippen LogP contribution >= 0.6 is 0 Å². The van der Waals surface area contributed by atoms with E-state index in [2.05, 4.69) is 20.4 Å². The molecule has 0 radical (unpaired) electrons. The van der Waals surface area contributed by atoms with Gasteiger partial charge in [0.2, 0.25) is 5.91 Å². The smallest absolute Gasteiger partial charge is 0.407 e. The van der Waals surface area contributed by atoms with Crippen molar-refractivity contribution in [2.45, 2.75) is 38.0 Å². The number of aromatic nitrogens is 4. The molecular weight excluding hydrogens is 502 g/mol. The summed E-state index contributed by atoms with van der Waals surface area (Å²) in [5, 5.41) is 17.3. The van der Waals surface area contributed by atoms with Crippen molar-refractivity contribution in [1.82, 2.24) is 24.5 Å². The van der Waals surface area contributed by atoms with Crippen LogP contribution in [-0.4, -0.2) is 73.0 Å². The molecule has 4 N–H and O–H groups in total. The zero-order valence-corrected chi connectivity index (χ0v) is 21.2. The first-order valence-electron chi connectivity index (χ1n) is 12.6. The highest BCUT2D eigenvalue weighted by Gasteiger charge is 2.42. The number of hydrogen-bond acceptors (Lipinski definition) is 8. The van der Waals surface area contributed by atoms with E-state index >= 15 is 0 Å². The van der Waals surface area contributed by atoms with Crippen molar-refractivity contribution in [2.24, 2.45) is 5.73 Å². The highest BCUT2D eigenvalue weighted by atomic mass is 16.5. The minimum absolute atomic E-state index is 0.147. The summed E-state index contributed by atoms with van der Waals surface area (Å²) < 4.78 is 13.8. The zero-order valence-electron chi connectivity index (χ0n) is 21.2. The Kier molecular flexibility index (Phi) is 6.23. The number of carboxylic acid groups (broad SMARTS) is 1. The Morgan fingerprint density at radius 1 is 1.08 bits per heavy atom. The van der Waals surface area contributed by atoms with E-state index in [0.717, 1.165) is 22.3 Å². The summed E-state index contributed by atoms with van der Waals surface area (Å²) in [6, 6.07) is 10.7. The molecule has 2 aliphatic heterocycles. The third-order valence-electron chi connectivity index (χ3n) is 7.07. The number of nitrogens with one attached hydrogen (secondary N) is 1. The average molecular weight is 530 g/mol. The third kappa shape index (κ3) is 4.93. The first-order chi connectivity index (χ1) is 18.8. The van der Waals surface area contributed by atoms with Crippen LogP contribution in [0.15, 0.2) is 55.0 Å². The van der Waals surface area contributed by atoms with Gasteiger partial charge in [-0.1, -0.05) is 0 Å². The fourth-order valence-electron chi connectivity index (χ4n) is 5.29. The fraction of sp³-hybridized carbons (Fsp3) is 0.296. The topological polar surface area (TPSA) is 157 Å². The second-order valence-corrected chi connectivity index (χ2v) is 9.80. The number of piperidine rings is 1. The largest absolute Gasteiger partial charge is 0.488 e. The maximum absolute atomic E-state index is 11.7. The molecule has 6 heterocycles. The fourth-order valence-corrected chi connectivity index (χ4v) is 5.29. The molecular formula is C27H27N7O5. The van der Waals surface area contributed by atoms with E-state index in [4.69, 9.17) is 15.2 Å². The zero-order chi connectivity index (χ0) is 27.1. The Morgan fingerprint density at radius 2 is 1.87 bits per heavy atom. The van der Waals surface area contributed by atoms with Crippen molar-refractivity contribution in [1.29, 1.82) is 0 Å². The van der Waals surface area contributed by atoms with Crippen molar-refractivity contribution in [3.63, 3.8) is 0 Å². The molecule has 39 heavy (non-hydrogen) atoms. The summed E-state index contributed by atoms with van der Waals surface area (Å²) in [4.78, 5) is 33.2. The molecule has 2 aliphatic rings. The van der Waals surface area contributed by atoms with Crippen molar-refractivity contribution in [3.8, 4) is 16.9 Å². The lowest BCUT2D eigenvalue weighted by Gasteiger charge is -2.46. The van der Waals surface area contributed by atoms with E-state index in [9.17, 15) is 14.7 Å². The van der Waals surface area contributed by atoms with Crippen LogP contribution in [0, 0.1) is 6.92 Å². The van der Waals surface area contributed by atoms with E-state index < -0.39 is 12.0 Å². The van der Waals surface area contributed by atoms with Crippen molar-refractivity contribution in [3.05, 3.63) is 66.2 Å². The van der Waals surface area contributed by atoms with Gasteiger partial charge >= 0.3 is 6.09 Å². The molecule has 2 amide bonds. The summed E-state index contributed by atoms with van der Waals surface area (Å²) in [6.07, 6.45) is 5.07. The van der Waals surface area contributed by atoms with Gasteiger partial charge in [0.15, 0.2) is 5.82 Å². The standard InChI is InChI=1S/C27H27N7O5/c1-15-6-22(23(12-29-15)39-21-8-19-13-38-14-20(9-21)34(19)27(36)37)16-4-5-33-18(7-16)10-25(32-33)31-24-3-2-17(11-30-24)26(28)35/h2-7,10-12,19-21H,8-9,13-14H2,1H3,(H2,28,35)(H,36,37)(H,30,31,32)/t19-,20+,21?. The number of carbonyl (C=O) groups excluding carboxylic acids is 1. The van der Waals surface area contributed by atoms with Gasteiger partial charge in [0.25, 0.3) is 0 Å². The summed E-state index contributed by atoms with van der Waals surface area (Å²) >= 11 is 0. The van der Waals surface area contributed by atoms with E-state index in [-0.39, 0.29) is 18.2 Å². The minimum Gasteiger partial charge on any atom is -0.488 e. The Morgan fingerprint density at radius 3 is 2.56 bits per heavy atom. The van der Waals surface area contributed by atoms with E-state index in [1.807, 2.05) is 37.4 Å². The molecule has 4 aromatic rings. The van der Waals surface area contributed by atoms with Crippen LogP contribution in [0.2, 0.25) is 0 Å². The monoisotopic (exact) mass is 529 g/mol. The number of morpholine rings is 1. The maximum atomic E-state index is 11.7. The lowest BCUT2D eigenvalue weighted by molar-refractivity contribution is -0.0857. The number of anilines is 2. The first-order valence-corrected chi connectivity index (χ1v) is 12.6. The highest BCUT2D eigenvalue weighted by molar-refractivity contribution is 5.92. The predicted molar refractivity (Wildman–Crippen MR) is 141 cm³/mol. The molecule has 2 saturated heterocycles. The first kappa shape index (κ1) is 24.6. The average Bonchev–Trinajstić information content (AvgIpc) is 3.31. The van der Waals surface area contributed by atoms with Crippen LogP contribution in [0.1, 0.15) is 28.9 Å². The summed E-state index contributed by atoms with van der Waals surface area (Å²) in [5.41, 5.74) is 9.15.